The van der Waals surface area contributed by atoms with E-state index in [4.69, 9.17) is 4.74 Å². The number of aryl methyl sites for hydroxylation is 1. The molecule has 4 atom stereocenters. The van der Waals surface area contributed by atoms with Gasteiger partial charge in [-0.3, -0.25) is 14.4 Å². The van der Waals surface area contributed by atoms with Gasteiger partial charge in [-0.1, -0.05) is 33.8 Å². The quantitative estimate of drug-likeness (QED) is 0.330. The zero-order valence-corrected chi connectivity index (χ0v) is 20.0. The van der Waals surface area contributed by atoms with Crippen molar-refractivity contribution in [3.05, 3.63) is 34.4 Å². The second kappa shape index (κ2) is 10.3. The average molecular weight is 445 g/mol. The number of benzene rings is 1. The van der Waals surface area contributed by atoms with E-state index >= 15 is 0 Å². The van der Waals surface area contributed by atoms with Gasteiger partial charge in [-0.25, -0.2) is 0 Å². The number of Topliss-reactive ketones (excluding diaryl/α,β-unsaturated/α-hetero) is 1. The van der Waals surface area contributed by atoms with Gasteiger partial charge in [0.15, 0.2) is 6.29 Å². The molecule has 6 nitrogen and oxygen atoms in total. The average Bonchev–Trinajstić information content (AvgIpc) is 2.74. The Hall–Kier alpha value is -2.63. The van der Waals surface area contributed by atoms with Crippen LogP contribution < -0.4 is 0 Å². The Kier molecular flexibility index (Phi) is 8.27. The van der Waals surface area contributed by atoms with Gasteiger partial charge in [0.1, 0.15) is 23.4 Å². The summed E-state index contributed by atoms with van der Waals surface area (Å²) in [6.45, 7) is 11.4. The second-order valence-electron chi connectivity index (χ2n) is 9.39. The van der Waals surface area contributed by atoms with Crippen molar-refractivity contribution in [2.75, 3.05) is 0 Å². The molecule has 1 aliphatic rings. The van der Waals surface area contributed by atoms with Gasteiger partial charge < -0.3 is 14.9 Å². The Balaban J connectivity index is 2.37. The van der Waals surface area contributed by atoms with Crippen LogP contribution in [-0.2, 0) is 20.7 Å². The summed E-state index contributed by atoms with van der Waals surface area (Å²) >= 11 is 0. The number of esters is 1. The van der Waals surface area contributed by atoms with Crippen molar-refractivity contribution in [2.24, 2.45) is 17.3 Å². The smallest absolute Gasteiger partial charge is 0.306 e. The molecule has 1 saturated carbocycles. The molecular formula is C26H36O6. The monoisotopic (exact) mass is 444 g/mol. The number of phenolic OH excluding ortho intramolecular Hbond substituents is 2. The van der Waals surface area contributed by atoms with E-state index in [1.54, 1.807) is 19.9 Å². The largest absolute Gasteiger partial charge is 0.508 e. The summed E-state index contributed by atoms with van der Waals surface area (Å²) in [6, 6.07) is 1.45. The highest BCUT2D eigenvalue weighted by Gasteiger charge is 2.45. The second-order valence-corrected chi connectivity index (χ2v) is 9.39. The van der Waals surface area contributed by atoms with Crippen molar-refractivity contribution in [3.63, 3.8) is 0 Å². The van der Waals surface area contributed by atoms with Gasteiger partial charge in [-0.15, -0.1) is 0 Å². The van der Waals surface area contributed by atoms with Gasteiger partial charge in [0.25, 0.3) is 0 Å². The highest BCUT2D eigenvalue weighted by molar-refractivity contribution is 5.83. The predicted octanol–water partition coefficient (Wildman–Crippen LogP) is 5.06. The summed E-state index contributed by atoms with van der Waals surface area (Å²) in [5.74, 6) is -0.255. The number of carbonyl (C=O) groups is 3. The highest BCUT2D eigenvalue weighted by Crippen LogP contribution is 2.47. The van der Waals surface area contributed by atoms with E-state index in [1.165, 1.54) is 6.07 Å². The minimum Gasteiger partial charge on any atom is -0.508 e. The van der Waals surface area contributed by atoms with Crippen molar-refractivity contribution in [1.29, 1.82) is 0 Å². The molecule has 0 heterocycles. The number of hydrogen-bond acceptors (Lipinski definition) is 6. The molecule has 1 aromatic rings. The van der Waals surface area contributed by atoms with Crippen LogP contribution in [-0.4, -0.2) is 34.4 Å². The zero-order chi connectivity index (χ0) is 24.2. The Morgan fingerprint density at radius 3 is 2.59 bits per heavy atom. The lowest BCUT2D eigenvalue weighted by atomic mass is 9.59. The van der Waals surface area contributed by atoms with Crippen molar-refractivity contribution in [2.45, 2.75) is 79.8 Å². The third kappa shape index (κ3) is 5.22. The molecule has 0 spiro atoms. The van der Waals surface area contributed by atoms with E-state index in [-0.39, 0.29) is 58.6 Å². The van der Waals surface area contributed by atoms with Gasteiger partial charge in [0.05, 0.1) is 5.56 Å². The Bertz CT molecular complexity index is 915. The van der Waals surface area contributed by atoms with Gasteiger partial charge in [-0.05, 0) is 61.6 Å². The highest BCUT2D eigenvalue weighted by atomic mass is 16.5. The topological polar surface area (TPSA) is 101 Å². The Morgan fingerprint density at radius 1 is 1.34 bits per heavy atom. The van der Waals surface area contributed by atoms with Crippen LogP contribution >= 0.6 is 0 Å². The van der Waals surface area contributed by atoms with Crippen LogP contribution in [0.2, 0.25) is 0 Å². The van der Waals surface area contributed by atoms with Crippen LogP contribution in [0, 0.1) is 24.2 Å². The Labute approximate surface area is 190 Å². The molecule has 0 bridgehead atoms. The van der Waals surface area contributed by atoms with Gasteiger partial charge in [0, 0.05) is 24.3 Å². The molecule has 176 valence electrons. The van der Waals surface area contributed by atoms with E-state index in [0.717, 1.165) is 12.0 Å². The summed E-state index contributed by atoms with van der Waals surface area (Å²) in [6.07, 6.45) is 4.17. The minimum atomic E-state index is -0.525. The number of carbonyl (C=O) groups excluding carboxylic acids is 3. The maximum absolute atomic E-state index is 12.5. The molecule has 0 radical (unpaired) electrons. The lowest BCUT2D eigenvalue weighted by Crippen LogP contribution is -2.44. The minimum absolute atomic E-state index is 0.0937. The van der Waals surface area contributed by atoms with Crippen LogP contribution in [0.1, 0.15) is 81.8 Å². The van der Waals surface area contributed by atoms with Crippen LogP contribution in [0.3, 0.4) is 0 Å². The molecule has 0 aromatic heterocycles. The van der Waals surface area contributed by atoms with E-state index in [1.807, 2.05) is 13.8 Å². The first kappa shape index (κ1) is 25.6. The summed E-state index contributed by atoms with van der Waals surface area (Å²) in [5, 5.41) is 20.7. The predicted molar refractivity (Wildman–Crippen MR) is 123 cm³/mol. The lowest BCUT2D eigenvalue weighted by Gasteiger charge is -2.45. The molecule has 2 N–H and O–H groups in total. The number of ether oxygens (including phenoxy) is 1. The van der Waals surface area contributed by atoms with E-state index < -0.39 is 6.10 Å². The molecule has 32 heavy (non-hydrogen) atoms. The molecule has 0 unspecified atom stereocenters. The SMILES string of the molecule is CCC(=O)O[C@H](C[C@@]1(C)[C@H](C)CCC(=O)[C@@H]1C)C(C)=CCc1c(O)cc(C)c(C=O)c1O. The van der Waals surface area contributed by atoms with Crippen LogP contribution in [0.5, 0.6) is 11.5 Å². The first-order valence-electron chi connectivity index (χ1n) is 11.3. The van der Waals surface area contributed by atoms with Crippen LogP contribution in [0.15, 0.2) is 17.7 Å². The normalized spacial score (nSPS) is 24.8. The fraction of sp³-hybridized carbons (Fsp3) is 0.577. The van der Waals surface area contributed by atoms with Crippen molar-refractivity contribution < 1.29 is 29.3 Å². The summed E-state index contributed by atoms with van der Waals surface area (Å²) in [4.78, 5) is 35.9. The molecule has 0 aliphatic heterocycles. The van der Waals surface area contributed by atoms with Crippen LogP contribution in [0.25, 0.3) is 0 Å². The first-order chi connectivity index (χ1) is 15.0. The molecule has 0 saturated heterocycles. The lowest BCUT2D eigenvalue weighted by molar-refractivity contribution is -0.150. The van der Waals surface area contributed by atoms with Gasteiger partial charge in [0.2, 0.25) is 0 Å². The fourth-order valence-corrected chi connectivity index (χ4v) is 4.60. The third-order valence-electron chi connectivity index (χ3n) is 7.49. The number of ketones is 1. The molecule has 1 aromatic carbocycles. The molecule has 6 heteroatoms. The van der Waals surface area contributed by atoms with Gasteiger partial charge >= 0.3 is 5.97 Å². The maximum atomic E-state index is 12.5. The Morgan fingerprint density at radius 2 is 2.00 bits per heavy atom. The zero-order valence-electron chi connectivity index (χ0n) is 20.0. The number of phenols is 2. The number of allylic oxidation sites excluding steroid dienone is 1. The number of aldehydes is 1. The molecule has 0 amide bonds. The van der Waals surface area contributed by atoms with Gasteiger partial charge in [-0.2, -0.15) is 0 Å². The number of rotatable bonds is 8. The maximum Gasteiger partial charge on any atom is 0.306 e. The van der Waals surface area contributed by atoms with Crippen molar-refractivity contribution in [3.8, 4) is 11.5 Å². The summed E-state index contributed by atoms with van der Waals surface area (Å²) in [7, 11) is 0. The molecule has 2 rings (SSSR count). The van der Waals surface area contributed by atoms with E-state index in [9.17, 15) is 24.6 Å². The fourth-order valence-electron chi connectivity index (χ4n) is 4.60. The number of aromatic hydroxyl groups is 2. The first-order valence-corrected chi connectivity index (χ1v) is 11.3. The summed E-state index contributed by atoms with van der Waals surface area (Å²) in [5.41, 5.74) is 1.35. The van der Waals surface area contributed by atoms with Crippen molar-refractivity contribution >= 4 is 18.0 Å². The molecule has 1 fully saturated rings. The van der Waals surface area contributed by atoms with Crippen LogP contribution in [0.4, 0.5) is 0 Å². The van der Waals surface area contributed by atoms with E-state index in [0.29, 0.717) is 30.6 Å². The number of hydrogen-bond donors (Lipinski definition) is 2. The van der Waals surface area contributed by atoms with E-state index in [2.05, 4.69) is 13.8 Å². The summed E-state index contributed by atoms with van der Waals surface area (Å²) < 4.78 is 5.77. The third-order valence-corrected chi connectivity index (χ3v) is 7.49. The molecular weight excluding hydrogens is 408 g/mol. The standard InChI is InChI=1S/C26H36O6/c1-7-24(30)32-23(13-26(6)17(4)9-11-21(28)18(26)5)15(2)8-10-19-22(29)12-16(3)20(14-27)25(19)31/h8,12,14,17-18,23,29,31H,7,9-11,13H2,1-6H3/t17-,18+,23-,26+/m1/s1. The van der Waals surface area contributed by atoms with Crippen molar-refractivity contribution in [1.82, 2.24) is 0 Å². The molecule has 1 aliphatic carbocycles.